The van der Waals surface area contributed by atoms with Crippen LogP contribution in [-0.4, -0.2) is 19.0 Å². The molecular weight excluding hydrogens is 257 g/mol. The van der Waals surface area contributed by atoms with Gasteiger partial charge in [0.05, 0.1) is 5.56 Å². The van der Waals surface area contributed by atoms with E-state index < -0.39 is 11.7 Å². The van der Waals surface area contributed by atoms with Gasteiger partial charge in [-0.05, 0) is 37.1 Å². The Kier molecular flexibility index (Phi) is 3.54. The van der Waals surface area contributed by atoms with E-state index >= 15 is 0 Å². The summed E-state index contributed by atoms with van der Waals surface area (Å²) in [6, 6.07) is 3.90. The van der Waals surface area contributed by atoms with Gasteiger partial charge in [0.15, 0.2) is 0 Å². The van der Waals surface area contributed by atoms with E-state index in [1.54, 1.807) is 6.07 Å². The molecule has 0 spiro atoms. The molecule has 1 fully saturated rings. The Morgan fingerprint density at radius 2 is 2.11 bits per heavy atom. The quantitative estimate of drug-likeness (QED) is 0.898. The summed E-state index contributed by atoms with van der Waals surface area (Å²) >= 11 is 0. The molecule has 1 aliphatic heterocycles. The average Bonchev–Trinajstić information content (AvgIpc) is 2.69. The van der Waals surface area contributed by atoms with Crippen molar-refractivity contribution < 1.29 is 18.0 Å². The number of carbonyl (C=O) groups excluding carboxylic acids is 1. The van der Waals surface area contributed by atoms with Crippen molar-refractivity contribution in [3.63, 3.8) is 0 Å². The third-order valence-corrected chi connectivity index (χ3v) is 3.44. The van der Waals surface area contributed by atoms with E-state index in [-0.39, 0.29) is 17.4 Å². The van der Waals surface area contributed by atoms with Crippen LogP contribution in [0.4, 0.5) is 18.9 Å². The number of hydrogen-bond donors (Lipinski definition) is 1. The number of amides is 1. The van der Waals surface area contributed by atoms with Gasteiger partial charge >= 0.3 is 6.18 Å². The lowest BCUT2D eigenvalue weighted by Crippen LogP contribution is -2.27. The lowest BCUT2D eigenvalue weighted by Gasteiger charge is -2.21. The van der Waals surface area contributed by atoms with E-state index in [2.05, 4.69) is 0 Å². The molecule has 1 atom stereocenters. The fourth-order valence-electron chi connectivity index (χ4n) is 2.40. The standard InChI is InChI=1S/C13H15F3N2O/c1-8-10(13(14,15)16)3-2-4-11(8)18-7-9(6-17)5-12(18)19/h2-4,9H,5-7,17H2,1H3. The molecule has 0 saturated carbocycles. The number of rotatable bonds is 2. The van der Waals surface area contributed by atoms with Crippen molar-refractivity contribution in [3.05, 3.63) is 29.3 Å². The van der Waals surface area contributed by atoms with E-state index in [9.17, 15) is 18.0 Å². The summed E-state index contributed by atoms with van der Waals surface area (Å²) in [5, 5.41) is 0. The Morgan fingerprint density at radius 3 is 2.63 bits per heavy atom. The fraction of sp³-hybridized carbons (Fsp3) is 0.462. The Bertz CT molecular complexity index is 499. The number of anilines is 1. The number of halogens is 3. The second-order valence-corrected chi connectivity index (χ2v) is 4.76. The maximum Gasteiger partial charge on any atom is 0.416 e. The molecule has 1 aromatic carbocycles. The Hall–Kier alpha value is -1.56. The molecule has 0 bridgehead atoms. The third kappa shape index (κ3) is 2.58. The molecule has 0 aliphatic carbocycles. The maximum absolute atomic E-state index is 12.8. The van der Waals surface area contributed by atoms with E-state index in [0.717, 1.165) is 6.07 Å². The number of benzene rings is 1. The number of nitrogens with zero attached hydrogens (tertiary/aromatic N) is 1. The minimum atomic E-state index is -4.41. The van der Waals surface area contributed by atoms with Gasteiger partial charge < -0.3 is 10.6 Å². The number of nitrogens with two attached hydrogens (primary N) is 1. The summed E-state index contributed by atoms with van der Waals surface area (Å²) in [5.41, 5.74) is 5.23. The van der Waals surface area contributed by atoms with Crippen molar-refractivity contribution in [2.75, 3.05) is 18.0 Å². The molecule has 1 heterocycles. The zero-order valence-electron chi connectivity index (χ0n) is 10.5. The predicted molar refractivity (Wildman–Crippen MR) is 65.7 cm³/mol. The molecule has 2 N–H and O–H groups in total. The van der Waals surface area contributed by atoms with Crippen molar-refractivity contribution in [2.24, 2.45) is 11.7 Å². The molecule has 2 rings (SSSR count). The molecule has 104 valence electrons. The normalized spacial score (nSPS) is 20.2. The molecule has 0 aromatic heterocycles. The van der Waals surface area contributed by atoms with Crippen LogP contribution in [0, 0.1) is 12.8 Å². The number of carbonyl (C=O) groups is 1. The summed E-state index contributed by atoms with van der Waals surface area (Å²) in [6.45, 7) is 2.14. The summed E-state index contributed by atoms with van der Waals surface area (Å²) < 4.78 is 38.5. The first kappa shape index (κ1) is 13.9. The van der Waals surface area contributed by atoms with Gasteiger partial charge in [-0.1, -0.05) is 6.07 Å². The SMILES string of the molecule is Cc1c(N2CC(CN)CC2=O)cccc1C(F)(F)F. The molecule has 19 heavy (non-hydrogen) atoms. The minimum Gasteiger partial charge on any atom is -0.330 e. The second-order valence-electron chi connectivity index (χ2n) is 4.76. The van der Waals surface area contributed by atoms with Gasteiger partial charge in [0.25, 0.3) is 0 Å². The van der Waals surface area contributed by atoms with Gasteiger partial charge in [-0.2, -0.15) is 13.2 Å². The predicted octanol–water partition coefficient (Wildman–Crippen LogP) is 2.33. The molecule has 6 heteroatoms. The molecule has 1 aromatic rings. The Labute approximate surface area is 109 Å². The number of hydrogen-bond acceptors (Lipinski definition) is 2. The molecule has 1 saturated heterocycles. The van der Waals surface area contributed by atoms with Crippen LogP contribution >= 0.6 is 0 Å². The van der Waals surface area contributed by atoms with Gasteiger partial charge in [0.1, 0.15) is 0 Å². The zero-order chi connectivity index (χ0) is 14.2. The van der Waals surface area contributed by atoms with Crippen molar-refractivity contribution in [1.29, 1.82) is 0 Å². The summed E-state index contributed by atoms with van der Waals surface area (Å²) in [7, 11) is 0. The minimum absolute atomic E-state index is 0.0152. The first-order valence-corrected chi connectivity index (χ1v) is 6.02. The molecule has 3 nitrogen and oxygen atoms in total. The lowest BCUT2D eigenvalue weighted by molar-refractivity contribution is -0.138. The fourth-order valence-corrected chi connectivity index (χ4v) is 2.40. The summed E-state index contributed by atoms with van der Waals surface area (Å²) in [6.07, 6.45) is -4.11. The van der Waals surface area contributed by atoms with Crippen LogP contribution in [0.3, 0.4) is 0 Å². The first-order valence-electron chi connectivity index (χ1n) is 6.02. The lowest BCUT2D eigenvalue weighted by atomic mass is 10.1. The van der Waals surface area contributed by atoms with Gasteiger partial charge in [-0.25, -0.2) is 0 Å². The highest BCUT2D eigenvalue weighted by molar-refractivity contribution is 5.96. The van der Waals surface area contributed by atoms with Crippen LogP contribution < -0.4 is 10.6 Å². The van der Waals surface area contributed by atoms with Crippen molar-refractivity contribution in [3.8, 4) is 0 Å². The van der Waals surface area contributed by atoms with E-state index in [0.29, 0.717) is 25.2 Å². The van der Waals surface area contributed by atoms with Crippen molar-refractivity contribution in [2.45, 2.75) is 19.5 Å². The Balaban J connectivity index is 2.39. The third-order valence-electron chi connectivity index (χ3n) is 3.44. The number of alkyl halides is 3. The second kappa shape index (κ2) is 4.85. The van der Waals surface area contributed by atoms with E-state index in [1.165, 1.54) is 17.9 Å². The van der Waals surface area contributed by atoms with Crippen LogP contribution in [0.15, 0.2) is 18.2 Å². The molecule has 1 amide bonds. The molecule has 1 unspecified atom stereocenters. The smallest absolute Gasteiger partial charge is 0.330 e. The van der Waals surface area contributed by atoms with Crippen molar-refractivity contribution in [1.82, 2.24) is 0 Å². The van der Waals surface area contributed by atoms with Gasteiger partial charge in [0.2, 0.25) is 5.91 Å². The van der Waals surface area contributed by atoms with Crippen LogP contribution in [0.2, 0.25) is 0 Å². The van der Waals surface area contributed by atoms with E-state index in [1.807, 2.05) is 0 Å². The highest BCUT2D eigenvalue weighted by atomic mass is 19.4. The summed E-state index contributed by atoms with van der Waals surface area (Å²) in [4.78, 5) is 13.3. The highest BCUT2D eigenvalue weighted by Gasteiger charge is 2.36. The average molecular weight is 272 g/mol. The van der Waals surface area contributed by atoms with E-state index in [4.69, 9.17) is 5.73 Å². The zero-order valence-corrected chi connectivity index (χ0v) is 10.5. The van der Waals surface area contributed by atoms with Crippen molar-refractivity contribution >= 4 is 11.6 Å². The highest BCUT2D eigenvalue weighted by Crippen LogP contribution is 2.37. The van der Waals surface area contributed by atoms with Gasteiger partial charge in [0, 0.05) is 18.7 Å². The Morgan fingerprint density at radius 1 is 1.42 bits per heavy atom. The van der Waals surface area contributed by atoms with Crippen LogP contribution in [0.1, 0.15) is 17.5 Å². The molecular formula is C13H15F3N2O. The largest absolute Gasteiger partial charge is 0.416 e. The first-order chi connectivity index (χ1) is 8.84. The van der Waals surface area contributed by atoms with Crippen LogP contribution in [0.5, 0.6) is 0 Å². The topological polar surface area (TPSA) is 46.3 Å². The van der Waals surface area contributed by atoms with Crippen LogP contribution in [-0.2, 0) is 11.0 Å². The monoisotopic (exact) mass is 272 g/mol. The summed E-state index contributed by atoms with van der Waals surface area (Å²) in [5.74, 6) is -0.153. The van der Waals surface area contributed by atoms with Crippen LogP contribution in [0.25, 0.3) is 0 Å². The molecule has 1 aliphatic rings. The maximum atomic E-state index is 12.8. The molecule has 0 radical (unpaired) electrons. The van der Waals surface area contributed by atoms with Gasteiger partial charge in [-0.3, -0.25) is 4.79 Å². The van der Waals surface area contributed by atoms with Gasteiger partial charge in [-0.15, -0.1) is 0 Å².